The van der Waals surface area contributed by atoms with E-state index in [2.05, 4.69) is 5.32 Å². The molecular formula is C9H20N2O2S. The quantitative estimate of drug-likeness (QED) is 0.587. The molecule has 0 saturated heterocycles. The van der Waals surface area contributed by atoms with Crippen molar-refractivity contribution in [3.8, 4) is 0 Å². The first-order chi connectivity index (χ1) is 6.43. The largest absolute Gasteiger partial charge is 0.387 e. The number of carbonyl (C=O) groups is 1. The molecule has 4 nitrogen and oxygen atoms in total. The van der Waals surface area contributed by atoms with Crippen LogP contribution < -0.4 is 11.1 Å². The highest BCUT2D eigenvalue weighted by atomic mass is 32.2. The zero-order chi connectivity index (χ0) is 11.2. The van der Waals surface area contributed by atoms with Crippen molar-refractivity contribution in [2.75, 3.05) is 18.6 Å². The highest BCUT2D eigenvalue weighted by Crippen LogP contribution is 2.08. The number of amides is 1. The lowest BCUT2D eigenvalue weighted by molar-refractivity contribution is -0.123. The Kier molecular flexibility index (Phi) is 6.15. The predicted molar refractivity (Wildman–Crippen MR) is 60.3 cm³/mol. The lowest BCUT2D eigenvalue weighted by Crippen LogP contribution is -2.47. The maximum atomic E-state index is 11.3. The smallest absolute Gasteiger partial charge is 0.237 e. The van der Waals surface area contributed by atoms with Gasteiger partial charge in [0.25, 0.3) is 0 Å². The average molecular weight is 220 g/mol. The van der Waals surface area contributed by atoms with E-state index in [9.17, 15) is 9.90 Å². The van der Waals surface area contributed by atoms with E-state index in [4.69, 9.17) is 5.73 Å². The summed E-state index contributed by atoms with van der Waals surface area (Å²) in [5.74, 6) is 0.392. The van der Waals surface area contributed by atoms with Crippen LogP contribution in [0.5, 0.6) is 0 Å². The van der Waals surface area contributed by atoms with E-state index in [0.29, 0.717) is 12.2 Å². The number of carbonyl (C=O) groups excluding carboxylic acids is 1. The molecule has 0 bridgehead atoms. The molecule has 4 N–H and O–H groups in total. The Balaban J connectivity index is 3.87. The van der Waals surface area contributed by atoms with Crippen molar-refractivity contribution in [2.24, 2.45) is 5.73 Å². The van der Waals surface area contributed by atoms with Gasteiger partial charge in [0.05, 0.1) is 11.6 Å². The summed E-state index contributed by atoms with van der Waals surface area (Å²) in [6.45, 7) is 3.80. The number of nitrogens with two attached hydrogens (primary N) is 1. The van der Waals surface area contributed by atoms with Crippen molar-refractivity contribution in [2.45, 2.75) is 31.9 Å². The molecule has 0 aromatic rings. The fraction of sp³-hybridized carbons (Fsp3) is 0.889. The van der Waals surface area contributed by atoms with Crippen LogP contribution in [0.1, 0.15) is 20.3 Å². The van der Waals surface area contributed by atoms with Crippen LogP contribution in [0.25, 0.3) is 0 Å². The van der Waals surface area contributed by atoms with Gasteiger partial charge in [-0.1, -0.05) is 6.92 Å². The second kappa shape index (κ2) is 6.27. The third-order valence-electron chi connectivity index (χ3n) is 1.88. The van der Waals surface area contributed by atoms with Crippen LogP contribution >= 0.6 is 11.8 Å². The second-order valence-corrected chi connectivity index (χ2v) is 4.53. The fourth-order valence-corrected chi connectivity index (χ4v) is 1.68. The van der Waals surface area contributed by atoms with E-state index in [1.165, 1.54) is 0 Å². The van der Waals surface area contributed by atoms with E-state index in [0.717, 1.165) is 0 Å². The Bertz CT molecular complexity index is 186. The van der Waals surface area contributed by atoms with Crippen LogP contribution in [0.4, 0.5) is 0 Å². The Morgan fingerprint density at radius 3 is 2.71 bits per heavy atom. The molecule has 0 heterocycles. The lowest BCUT2D eigenvalue weighted by Gasteiger charge is -2.23. The molecule has 0 aliphatic rings. The van der Waals surface area contributed by atoms with Crippen LogP contribution in [-0.2, 0) is 4.79 Å². The molecule has 0 rings (SSSR count). The summed E-state index contributed by atoms with van der Waals surface area (Å²) in [4.78, 5) is 11.3. The Labute approximate surface area is 89.6 Å². The van der Waals surface area contributed by atoms with Crippen molar-refractivity contribution in [1.29, 1.82) is 0 Å². The van der Waals surface area contributed by atoms with E-state index in [-0.39, 0.29) is 12.5 Å². The van der Waals surface area contributed by atoms with E-state index >= 15 is 0 Å². The molecule has 2 atom stereocenters. The molecule has 0 saturated carbocycles. The molecule has 0 spiro atoms. The second-order valence-electron chi connectivity index (χ2n) is 3.66. The average Bonchev–Trinajstić information content (AvgIpc) is 2.13. The molecule has 0 fully saturated rings. The third kappa shape index (κ3) is 5.47. The van der Waals surface area contributed by atoms with Gasteiger partial charge in [-0.05, 0) is 19.6 Å². The standard InChI is InChI=1S/C9H20N2O2S/c1-4-7(10)8(12)11-5-9(2,13)6-14-3/h7,13H,4-6,10H2,1-3H3,(H,11,12)/t7-,9?/m1/s1. The topological polar surface area (TPSA) is 75.4 Å². The van der Waals surface area contributed by atoms with Gasteiger partial charge in [-0.2, -0.15) is 11.8 Å². The first-order valence-corrected chi connectivity index (χ1v) is 6.07. The fourth-order valence-electron chi connectivity index (χ4n) is 0.956. The van der Waals surface area contributed by atoms with Gasteiger partial charge in [-0.15, -0.1) is 0 Å². The molecule has 1 amide bonds. The Hall–Kier alpha value is -0.260. The minimum Gasteiger partial charge on any atom is -0.387 e. The van der Waals surface area contributed by atoms with Crippen LogP contribution in [0.15, 0.2) is 0 Å². The number of thioether (sulfide) groups is 1. The number of hydrogen-bond donors (Lipinski definition) is 3. The van der Waals surface area contributed by atoms with Crippen LogP contribution in [0.2, 0.25) is 0 Å². The minimum absolute atomic E-state index is 0.200. The van der Waals surface area contributed by atoms with Crippen LogP contribution in [0, 0.1) is 0 Å². The monoisotopic (exact) mass is 220 g/mol. The van der Waals surface area contributed by atoms with Crippen LogP contribution in [0.3, 0.4) is 0 Å². The van der Waals surface area contributed by atoms with Gasteiger partial charge in [-0.25, -0.2) is 0 Å². The van der Waals surface area contributed by atoms with Crippen molar-refractivity contribution in [3.63, 3.8) is 0 Å². The number of nitrogens with one attached hydrogen (secondary N) is 1. The highest BCUT2D eigenvalue weighted by molar-refractivity contribution is 7.98. The van der Waals surface area contributed by atoms with Gasteiger partial charge >= 0.3 is 0 Å². The molecule has 0 aromatic carbocycles. The summed E-state index contributed by atoms with van der Waals surface area (Å²) in [7, 11) is 0. The maximum Gasteiger partial charge on any atom is 0.237 e. The first kappa shape index (κ1) is 13.7. The molecule has 0 aliphatic heterocycles. The predicted octanol–water partition coefficient (Wildman–Crippen LogP) is -0.0461. The lowest BCUT2D eigenvalue weighted by atomic mass is 10.1. The van der Waals surface area contributed by atoms with Crippen LogP contribution in [-0.4, -0.2) is 41.2 Å². The molecule has 0 aromatic heterocycles. The number of aliphatic hydroxyl groups is 1. The zero-order valence-corrected chi connectivity index (χ0v) is 9.86. The summed E-state index contributed by atoms with van der Waals surface area (Å²) < 4.78 is 0. The van der Waals surface area contributed by atoms with Gasteiger partial charge in [0.2, 0.25) is 5.91 Å². The molecule has 84 valence electrons. The SMILES string of the molecule is CC[C@@H](N)C(=O)NCC(C)(O)CSC. The zero-order valence-electron chi connectivity index (χ0n) is 9.04. The molecule has 0 aliphatic carbocycles. The van der Waals surface area contributed by atoms with Crippen molar-refractivity contribution in [1.82, 2.24) is 5.32 Å². The Morgan fingerprint density at radius 2 is 2.29 bits per heavy atom. The molecule has 5 heteroatoms. The van der Waals surface area contributed by atoms with Crippen molar-refractivity contribution < 1.29 is 9.90 Å². The third-order valence-corrected chi connectivity index (χ3v) is 2.79. The van der Waals surface area contributed by atoms with E-state index in [1.807, 2.05) is 13.2 Å². The van der Waals surface area contributed by atoms with E-state index in [1.54, 1.807) is 18.7 Å². The summed E-state index contributed by atoms with van der Waals surface area (Å²) in [6.07, 6.45) is 2.52. The van der Waals surface area contributed by atoms with E-state index < -0.39 is 11.6 Å². The summed E-state index contributed by atoms with van der Waals surface area (Å²) >= 11 is 1.54. The van der Waals surface area contributed by atoms with Gasteiger partial charge in [0.1, 0.15) is 0 Å². The Morgan fingerprint density at radius 1 is 1.71 bits per heavy atom. The minimum atomic E-state index is -0.859. The molecule has 14 heavy (non-hydrogen) atoms. The highest BCUT2D eigenvalue weighted by Gasteiger charge is 2.21. The molecule has 0 radical (unpaired) electrons. The molecule has 1 unspecified atom stereocenters. The summed E-state index contributed by atoms with van der Waals surface area (Å²) in [5, 5.41) is 12.4. The van der Waals surface area contributed by atoms with Crippen molar-refractivity contribution >= 4 is 17.7 Å². The molecular weight excluding hydrogens is 200 g/mol. The summed E-state index contributed by atoms with van der Waals surface area (Å²) in [6, 6.07) is -0.472. The summed E-state index contributed by atoms with van der Waals surface area (Å²) in [5.41, 5.74) is 4.66. The maximum absolute atomic E-state index is 11.3. The van der Waals surface area contributed by atoms with Gasteiger partial charge < -0.3 is 16.2 Å². The number of hydrogen-bond acceptors (Lipinski definition) is 4. The van der Waals surface area contributed by atoms with Crippen molar-refractivity contribution in [3.05, 3.63) is 0 Å². The first-order valence-electron chi connectivity index (χ1n) is 4.67. The van der Waals surface area contributed by atoms with Gasteiger partial charge in [0.15, 0.2) is 0 Å². The normalized spacial score (nSPS) is 17.2. The van der Waals surface area contributed by atoms with Gasteiger partial charge in [-0.3, -0.25) is 4.79 Å². The number of rotatable bonds is 6. The van der Waals surface area contributed by atoms with Gasteiger partial charge in [0, 0.05) is 12.3 Å².